The first-order valence-electron chi connectivity index (χ1n) is 8.57. The summed E-state index contributed by atoms with van der Waals surface area (Å²) in [7, 11) is 0. The van der Waals surface area contributed by atoms with Crippen LogP contribution in [-0.2, 0) is 4.74 Å². The van der Waals surface area contributed by atoms with Gasteiger partial charge in [-0.2, -0.15) is 0 Å². The van der Waals surface area contributed by atoms with Gasteiger partial charge in [0.05, 0.1) is 11.0 Å². The third-order valence-corrected chi connectivity index (χ3v) is 4.12. The number of carbonyl (C=O) groups is 1. The lowest BCUT2D eigenvalue weighted by Crippen LogP contribution is -2.44. The lowest BCUT2D eigenvalue weighted by atomic mass is 9.98. The molecule has 1 aliphatic rings. The van der Waals surface area contributed by atoms with E-state index in [4.69, 9.17) is 4.74 Å². The summed E-state index contributed by atoms with van der Waals surface area (Å²) >= 11 is 0. The van der Waals surface area contributed by atoms with Gasteiger partial charge in [-0.1, -0.05) is 12.1 Å². The number of imidazole rings is 1. The summed E-state index contributed by atoms with van der Waals surface area (Å²) in [6.45, 7) is 7.98. The summed E-state index contributed by atoms with van der Waals surface area (Å²) in [4.78, 5) is 21.8. The van der Waals surface area contributed by atoms with E-state index in [0.717, 1.165) is 49.5 Å². The zero-order valence-corrected chi connectivity index (χ0v) is 14.6. The summed E-state index contributed by atoms with van der Waals surface area (Å²) in [5.74, 6) is 1.19. The molecule has 1 aromatic heterocycles. The molecule has 0 saturated carbocycles. The molecule has 0 aliphatic carbocycles. The highest BCUT2D eigenvalue weighted by Crippen LogP contribution is 2.20. The Bertz CT molecular complexity index is 671. The van der Waals surface area contributed by atoms with Gasteiger partial charge in [0.25, 0.3) is 0 Å². The first-order valence-corrected chi connectivity index (χ1v) is 8.57. The predicted molar refractivity (Wildman–Crippen MR) is 95.1 cm³/mol. The van der Waals surface area contributed by atoms with Gasteiger partial charge in [-0.15, -0.1) is 0 Å². The Kier molecular flexibility index (Phi) is 4.64. The molecule has 130 valence electrons. The maximum Gasteiger partial charge on any atom is 0.410 e. The minimum atomic E-state index is -0.448. The predicted octanol–water partition coefficient (Wildman–Crippen LogP) is 3.62. The smallest absolute Gasteiger partial charge is 0.410 e. The molecule has 0 spiro atoms. The van der Waals surface area contributed by atoms with Crippen LogP contribution >= 0.6 is 0 Å². The fraction of sp³-hybridized carbons (Fsp3) is 0.556. The maximum absolute atomic E-state index is 12.2. The molecule has 6 heteroatoms. The summed E-state index contributed by atoms with van der Waals surface area (Å²) < 4.78 is 5.48. The molecule has 6 nitrogen and oxygen atoms in total. The minimum absolute atomic E-state index is 0.212. The zero-order valence-electron chi connectivity index (χ0n) is 14.6. The van der Waals surface area contributed by atoms with Crippen molar-refractivity contribution in [1.82, 2.24) is 14.9 Å². The van der Waals surface area contributed by atoms with E-state index in [1.807, 2.05) is 49.9 Å². The number of para-hydroxylation sites is 2. The average molecular weight is 330 g/mol. The van der Waals surface area contributed by atoms with Crippen molar-refractivity contribution in [2.24, 2.45) is 5.92 Å². The van der Waals surface area contributed by atoms with Gasteiger partial charge in [0.15, 0.2) is 0 Å². The number of carbonyl (C=O) groups excluding carboxylic acids is 1. The number of anilines is 1. The summed E-state index contributed by atoms with van der Waals surface area (Å²) in [5, 5.41) is 3.37. The zero-order chi connectivity index (χ0) is 17.2. The SMILES string of the molecule is CC(C)(C)OC(=O)N1CCC[C@@H](CNc2nc3ccccc3[nH]2)C1. The second kappa shape index (κ2) is 6.71. The highest BCUT2D eigenvalue weighted by atomic mass is 16.6. The standard InChI is InChI=1S/C18H26N4O2/c1-18(2,3)24-17(23)22-10-6-7-13(12-22)11-19-16-20-14-8-4-5-9-15(14)21-16/h4-5,8-9,13H,6-7,10-12H2,1-3H3,(H2,19,20,21)/t13-/m0/s1. The van der Waals surface area contributed by atoms with Crippen LogP contribution < -0.4 is 5.32 Å². The topological polar surface area (TPSA) is 70.2 Å². The molecule has 1 fully saturated rings. The molecule has 1 amide bonds. The van der Waals surface area contributed by atoms with Crippen LogP contribution in [-0.4, -0.2) is 46.2 Å². The molecule has 1 aromatic carbocycles. The molecule has 0 radical (unpaired) electrons. The minimum Gasteiger partial charge on any atom is -0.444 e. The number of benzene rings is 1. The highest BCUT2D eigenvalue weighted by Gasteiger charge is 2.27. The summed E-state index contributed by atoms with van der Waals surface area (Å²) in [5.41, 5.74) is 1.54. The van der Waals surface area contributed by atoms with Crippen LogP contribution in [0.3, 0.4) is 0 Å². The number of H-pyrrole nitrogens is 1. The number of rotatable bonds is 3. The Labute approximate surface area is 142 Å². The van der Waals surface area contributed by atoms with Crippen molar-refractivity contribution < 1.29 is 9.53 Å². The number of aromatic amines is 1. The van der Waals surface area contributed by atoms with Crippen LogP contribution in [0, 0.1) is 5.92 Å². The average Bonchev–Trinajstić information content (AvgIpc) is 2.94. The molecule has 0 bridgehead atoms. The Morgan fingerprint density at radius 1 is 1.42 bits per heavy atom. The van der Waals surface area contributed by atoms with Crippen molar-refractivity contribution in [3.8, 4) is 0 Å². The van der Waals surface area contributed by atoms with Gasteiger partial charge in [0.2, 0.25) is 5.95 Å². The maximum atomic E-state index is 12.2. The quantitative estimate of drug-likeness (QED) is 0.902. The van der Waals surface area contributed by atoms with Crippen LogP contribution in [0.4, 0.5) is 10.7 Å². The molecule has 0 unspecified atom stereocenters. The molecule has 3 rings (SSSR count). The Hall–Kier alpha value is -2.24. The van der Waals surface area contributed by atoms with E-state index in [-0.39, 0.29) is 6.09 Å². The number of amides is 1. The fourth-order valence-corrected chi connectivity index (χ4v) is 3.00. The summed E-state index contributed by atoms with van der Waals surface area (Å²) in [6.07, 6.45) is 1.90. The fourth-order valence-electron chi connectivity index (χ4n) is 3.00. The lowest BCUT2D eigenvalue weighted by molar-refractivity contribution is 0.0172. The number of likely N-dealkylation sites (tertiary alicyclic amines) is 1. The van der Waals surface area contributed by atoms with Crippen LogP contribution in [0.25, 0.3) is 11.0 Å². The van der Waals surface area contributed by atoms with Crippen LogP contribution in [0.2, 0.25) is 0 Å². The Balaban J connectivity index is 1.54. The van der Waals surface area contributed by atoms with Gasteiger partial charge in [0, 0.05) is 19.6 Å². The summed E-state index contributed by atoms with van der Waals surface area (Å²) in [6, 6.07) is 7.97. The first-order chi connectivity index (χ1) is 11.4. The van der Waals surface area contributed by atoms with Crippen molar-refractivity contribution in [3.63, 3.8) is 0 Å². The van der Waals surface area contributed by atoms with Crippen LogP contribution in [0.1, 0.15) is 33.6 Å². The normalized spacial score (nSPS) is 18.6. The Morgan fingerprint density at radius 3 is 2.96 bits per heavy atom. The number of nitrogens with one attached hydrogen (secondary N) is 2. The van der Waals surface area contributed by atoms with Crippen LogP contribution in [0.5, 0.6) is 0 Å². The number of fused-ring (bicyclic) bond motifs is 1. The van der Waals surface area contributed by atoms with Gasteiger partial charge >= 0.3 is 6.09 Å². The first kappa shape index (κ1) is 16.6. The van der Waals surface area contributed by atoms with E-state index in [1.54, 1.807) is 0 Å². The van der Waals surface area contributed by atoms with Gasteiger partial charge in [-0.3, -0.25) is 0 Å². The molecule has 1 atom stereocenters. The number of nitrogens with zero attached hydrogens (tertiary/aromatic N) is 2. The van der Waals surface area contributed by atoms with Crippen molar-refractivity contribution in [3.05, 3.63) is 24.3 Å². The van der Waals surface area contributed by atoms with Crippen molar-refractivity contribution in [2.75, 3.05) is 25.0 Å². The Morgan fingerprint density at radius 2 is 2.21 bits per heavy atom. The van der Waals surface area contributed by atoms with Crippen molar-refractivity contribution in [2.45, 2.75) is 39.2 Å². The molecular weight excluding hydrogens is 304 g/mol. The van der Waals surface area contributed by atoms with E-state index >= 15 is 0 Å². The molecular formula is C18H26N4O2. The highest BCUT2D eigenvalue weighted by molar-refractivity contribution is 5.77. The van der Waals surface area contributed by atoms with E-state index in [9.17, 15) is 4.79 Å². The monoisotopic (exact) mass is 330 g/mol. The van der Waals surface area contributed by atoms with Crippen LogP contribution in [0.15, 0.2) is 24.3 Å². The van der Waals surface area contributed by atoms with E-state index in [1.165, 1.54) is 0 Å². The molecule has 2 heterocycles. The second-order valence-corrected chi connectivity index (χ2v) is 7.42. The van der Waals surface area contributed by atoms with E-state index in [0.29, 0.717) is 5.92 Å². The molecule has 1 saturated heterocycles. The van der Waals surface area contributed by atoms with E-state index < -0.39 is 5.60 Å². The third kappa shape index (κ3) is 4.19. The van der Waals surface area contributed by atoms with Gasteiger partial charge < -0.3 is 19.9 Å². The number of piperidine rings is 1. The number of aromatic nitrogens is 2. The lowest BCUT2D eigenvalue weighted by Gasteiger charge is -2.34. The van der Waals surface area contributed by atoms with E-state index in [2.05, 4.69) is 15.3 Å². The van der Waals surface area contributed by atoms with Gasteiger partial charge in [0.1, 0.15) is 5.60 Å². The second-order valence-electron chi connectivity index (χ2n) is 7.42. The molecule has 2 N–H and O–H groups in total. The number of hydrogen-bond acceptors (Lipinski definition) is 4. The number of ether oxygens (including phenoxy) is 1. The van der Waals surface area contributed by atoms with Crippen molar-refractivity contribution >= 4 is 23.1 Å². The molecule has 24 heavy (non-hydrogen) atoms. The van der Waals surface area contributed by atoms with Crippen molar-refractivity contribution in [1.29, 1.82) is 0 Å². The molecule has 2 aromatic rings. The van der Waals surface area contributed by atoms with Gasteiger partial charge in [-0.05, 0) is 51.7 Å². The largest absolute Gasteiger partial charge is 0.444 e. The third-order valence-electron chi connectivity index (χ3n) is 4.12. The van der Waals surface area contributed by atoms with Gasteiger partial charge in [-0.25, -0.2) is 9.78 Å². The number of hydrogen-bond donors (Lipinski definition) is 2. The molecule has 1 aliphatic heterocycles.